The number of hydrogen-bond donors (Lipinski definition) is 0. The molecule has 0 saturated carbocycles. The molecule has 1 aromatic carbocycles. The number of hydrogen-bond acceptors (Lipinski definition) is 1. The van der Waals surface area contributed by atoms with Crippen LogP contribution in [0.5, 0.6) is 0 Å². The van der Waals surface area contributed by atoms with Crippen LogP contribution in [0.3, 0.4) is 0 Å². The van der Waals surface area contributed by atoms with Gasteiger partial charge >= 0.3 is 0 Å². The van der Waals surface area contributed by atoms with E-state index in [9.17, 15) is 4.79 Å². The molecule has 1 unspecified atom stereocenters. The van der Waals surface area contributed by atoms with Gasteiger partial charge in [-0.25, -0.2) is 0 Å². The second-order valence-corrected chi connectivity index (χ2v) is 5.72. The maximum absolute atomic E-state index is 11.5. The highest BCUT2D eigenvalue weighted by Crippen LogP contribution is 2.43. The van der Waals surface area contributed by atoms with Crippen molar-refractivity contribution >= 4 is 28.4 Å². The summed E-state index contributed by atoms with van der Waals surface area (Å²) >= 11 is 2.35. The minimum Gasteiger partial charge on any atom is -0.294 e. The van der Waals surface area contributed by atoms with Crippen LogP contribution >= 0.6 is 22.6 Å². The Morgan fingerprint density at radius 3 is 2.75 bits per heavy atom. The summed E-state index contributed by atoms with van der Waals surface area (Å²) in [6, 6.07) is 7.89. The lowest BCUT2D eigenvalue weighted by atomic mass is 10.0. The van der Waals surface area contributed by atoms with E-state index in [1.54, 1.807) is 0 Å². The number of Topliss-reactive ketones (excluding diaryl/α,β-unsaturated/α-hetero) is 1. The third kappa shape index (κ3) is 1.09. The predicted molar refractivity (Wildman–Crippen MR) is 56.8 cm³/mol. The third-order valence-electron chi connectivity index (χ3n) is 2.28. The number of rotatable bonds is 0. The van der Waals surface area contributed by atoms with Crippen molar-refractivity contribution in [3.63, 3.8) is 0 Å². The Kier molecular flexibility index (Phi) is 1.75. The Labute approximate surface area is 85.3 Å². The minimum absolute atomic E-state index is 0.0193. The highest BCUT2D eigenvalue weighted by atomic mass is 127. The van der Waals surface area contributed by atoms with Gasteiger partial charge in [0, 0.05) is 12.0 Å². The van der Waals surface area contributed by atoms with Gasteiger partial charge in [-0.3, -0.25) is 4.79 Å². The number of benzene rings is 1. The van der Waals surface area contributed by atoms with Crippen molar-refractivity contribution in [3.8, 4) is 0 Å². The van der Waals surface area contributed by atoms with Gasteiger partial charge in [-0.05, 0) is 12.5 Å². The summed E-state index contributed by atoms with van der Waals surface area (Å²) in [5.74, 6) is 0.280. The van der Waals surface area contributed by atoms with Crippen molar-refractivity contribution in [1.29, 1.82) is 0 Å². The standard InChI is InChI=1S/C10H9IO/c1-10(11)6-9(12)7-4-2-3-5-8(7)10/h2-5H,6H2,1H3. The maximum atomic E-state index is 11.5. The molecule has 1 atom stereocenters. The fourth-order valence-electron chi connectivity index (χ4n) is 1.67. The zero-order valence-electron chi connectivity index (χ0n) is 6.80. The molecule has 0 fully saturated rings. The lowest BCUT2D eigenvalue weighted by molar-refractivity contribution is 0.0989. The Balaban J connectivity index is 2.66. The number of alkyl halides is 1. The number of carbonyl (C=O) groups is 1. The first-order chi connectivity index (χ1) is 5.61. The molecule has 1 nitrogen and oxygen atoms in total. The Bertz CT molecular complexity index is 341. The Morgan fingerprint density at radius 1 is 1.42 bits per heavy atom. The molecule has 1 aliphatic carbocycles. The molecule has 0 bridgehead atoms. The van der Waals surface area contributed by atoms with Gasteiger partial charge in [0.25, 0.3) is 0 Å². The summed E-state index contributed by atoms with van der Waals surface area (Å²) in [4.78, 5) is 11.5. The lowest BCUT2D eigenvalue weighted by Crippen LogP contribution is -2.07. The van der Waals surface area contributed by atoms with Gasteiger partial charge in [0.15, 0.2) is 5.78 Å². The topological polar surface area (TPSA) is 17.1 Å². The first-order valence-corrected chi connectivity index (χ1v) is 5.01. The van der Waals surface area contributed by atoms with Gasteiger partial charge < -0.3 is 0 Å². The molecule has 0 radical (unpaired) electrons. The van der Waals surface area contributed by atoms with Crippen LogP contribution in [-0.4, -0.2) is 5.78 Å². The van der Waals surface area contributed by atoms with E-state index in [0.29, 0.717) is 6.42 Å². The normalized spacial score (nSPS) is 27.3. The SMILES string of the molecule is CC1(I)CC(=O)c2ccccc21. The molecule has 0 aliphatic heterocycles. The smallest absolute Gasteiger partial charge is 0.164 e. The third-order valence-corrected chi connectivity index (χ3v) is 3.24. The van der Waals surface area contributed by atoms with Crippen molar-refractivity contribution in [1.82, 2.24) is 0 Å². The highest BCUT2D eigenvalue weighted by Gasteiger charge is 2.36. The molecule has 0 heterocycles. The Hall–Kier alpha value is -0.380. The summed E-state index contributed by atoms with van der Waals surface area (Å²) in [6.07, 6.45) is 0.646. The van der Waals surface area contributed by atoms with Crippen LogP contribution in [0.2, 0.25) is 0 Å². The van der Waals surface area contributed by atoms with Gasteiger partial charge in [0.05, 0.1) is 3.42 Å². The van der Waals surface area contributed by atoms with Crippen LogP contribution in [0.25, 0.3) is 0 Å². The molecule has 62 valence electrons. The van der Waals surface area contributed by atoms with Crippen molar-refractivity contribution in [3.05, 3.63) is 35.4 Å². The lowest BCUT2D eigenvalue weighted by Gasteiger charge is -2.14. The zero-order chi connectivity index (χ0) is 8.77. The number of fused-ring (bicyclic) bond motifs is 1. The fraction of sp³-hybridized carbons (Fsp3) is 0.300. The van der Waals surface area contributed by atoms with E-state index >= 15 is 0 Å². The van der Waals surface area contributed by atoms with Crippen LogP contribution in [-0.2, 0) is 3.42 Å². The fourth-order valence-corrected chi connectivity index (χ4v) is 2.49. The van der Waals surface area contributed by atoms with E-state index < -0.39 is 0 Å². The number of halogens is 1. The van der Waals surface area contributed by atoms with E-state index in [4.69, 9.17) is 0 Å². The quantitative estimate of drug-likeness (QED) is 0.524. The molecule has 12 heavy (non-hydrogen) atoms. The summed E-state index contributed by atoms with van der Waals surface area (Å²) in [5, 5.41) is 0. The molecule has 1 aliphatic rings. The largest absolute Gasteiger partial charge is 0.294 e. The first-order valence-electron chi connectivity index (χ1n) is 3.93. The van der Waals surface area contributed by atoms with Crippen LogP contribution in [0.4, 0.5) is 0 Å². The van der Waals surface area contributed by atoms with Gasteiger partial charge in [0.1, 0.15) is 0 Å². The van der Waals surface area contributed by atoms with Crippen molar-refractivity contribution < 1.29 is 4.79 Å². The second-order valence-electron chi connectivity index (χ2n) is 3.34. The van der Waals surface area contributed by atoms with E-state index in [-0.39, 0.29) is 9.20 Å². The molecule has 2 rings (SSSR count). The molecule has 0 amide bonds. The Morgan fingerprint density at radius 2 is 2.08 bits per heavy atom. The number of carbonyl (C=O) groups excluding carboxylic acids is 1. The van der Waals surface area contributed by atoms with Crippen molar-refractivity contribution in [2.45, 2.75) is 16.8 Å². The number of ketones is 1. The highest BCUT2D eigenvalue weighted by molar-refractivity contribution is 14.1. The predicted octanol–water partition coefficient (Wildman–Crippen LogP) is 2.92. The van der Waals surface area contributed by atoms with E-state index in [1.807, 2.05) is 24.3 Å². The molecular weight excluding hydrogens is 263 g/mol. The summed E-state index contributed by atoms with van der Waals surface area (Å²) in [7, 11) is 0. The van der Waals surface area contributed by atoms with E-state index in [2.05, 4.69) is 29.5 Å². The van der Waals surface area contributed by atoms with E-state index in [1.165, 1.54) is 5.56 Å². The maximum Gasteiger partial charge on any atom is 0.164 e. The summed E-state index contributed by atoms with van der Waals surface area (Å²) in [5.41, 5.74) is 2.10. The van der Waals surface area contributed by atoms with Crippen LogP contribution in [0.15, 0.2) is 24.3 Å². The second kappa shape index (κ2) is 2.55. The van der Waals surface area contributed by atoms with Crippen LogP contribution < -0.4 is 0 Å². The average Bonchev–Trinajstić information content (AvgIpc) is 2.25. The van der Waals surface area contributed by atoms with Crippen LogP contribution in [0.1, 0.15) is 29.3 Å². The average molecular weight is 272 g/mol. The van der Waals surface area contributed by atoms with Gasteiger partial charge in [-0.2, -0.15) is 0 Å². The molecular formula is C10H9IO. The molecule has 1 aromatic rings. The zero-order valence-corrected chi connectivity index (χ0v) is 8.96. The first kappa shape index (κ1) is 8.23. The molecule has 0 N–H and O–H groups in total. The summed E-state index contributed by atoms with van der Waals surface area (Å²) in [6.45, 7) is 2.11. The van der Waals surface area contributed by atoms with E-state index in [0.717, 1.165) is 5.56 Å². The molecule has 0 spiro atoms. The monoisotopic (exact) mass is 272 g/mol. The molecule has 0 aromatic heterocycles. The van der Waals surface area contributed by atoms with Gasteiger partial charge in [0.2, 0.25) is 0 Å². The molecule has 0 saturated heterocycles. The van der Waals surface area contributed by atoms with Gasteiger partial charge in [-0.1, -0.05) is 46.9 Å². The van der Waals surface area contributed by atoms with Crippen molar-refractivity contribution in [2.75, 3.05) is 0 Å². The van der Waals surface area contributed by atoms with Crippen molar-refractivity contribution in [2.24, 2.45) is 0 Å². The van der Waals surface area contributed by atoms with Crippen LogP contribution in [0, 0.1) is 0 Å². The minimum atomic E-state index is 0.0193. The molecule has 2 heteroatoms. The van der Waals surface area contributed by atoms with Gasteiger partial charge in [-0.15, -0.1) is 0 Å². The summed E-state index contributed by atoms with van der Waals surface area (Å²) < 4.78 is 0.0193.